The van der Waals surface area contributed by atoms with E-state index in [0.29, 0.717) is 0 Å². The molecule has 5 nitrogen and oxygen atoms in total. The Morgan fingerprint density at radius 1 is 0.680 bits per heavy atom. The lowest BCUT2D eigenvalue weighted by Crippen LogP contribution is -2.27. The van der Waals surface area contributed by atoms with Crippen LogP contribution in [0.3, 0.4) is 0 Å². The van der Waals surface area contributed by atoms with Crippen molar-refractivity contribution in [2.45, 2.75) is 9.79 Å². The molecular formula is C18H22NO4S2+. The standard InChI is InChI=1S/C14H10O4S2.C4H12N/c15-13(16)9-1-5-11(6-2-9)19-20-12-7-3-10(4-8-12)14(17)18;1-5(2,3)4/h1-8H,(H,15,16)(H,17,18);1-4H3/q;+1. The van der Waals surface area contributed by atoms with Crippen LogP contribution in [0, 0.1) is 0 Å². The van der Waals surface area contributed by atoms with Gasteiger partial charge in [0.25, 0.3) is 0 Å². The Morgan fingerprint density at radius 3 is 1.12 bits per heavy atom. The van der Waals surface area contributed by atoms with E-state index in [1.54, 1.807) is 48.5 Å². The van der Waals surface area contributed by atoms with Gasteiger partial charge in [-0.25, -0.2) is 9.59 Å². The molecule has 25 heavy (non-hydrogen) atoms. The van der Waals surface area contributed by atoms with Gasteiger partial charge in [-0.15, -0.1) is 0 Å². The zero-order valence-electron chi connectivity index (χ0n) is 14.6. The van der Waals surface area contributed by atoms with Crippen LogP contribution in [-0.2, 0) is 0 Å². The first-order chi connectivity index (χ1) is 11.6. The molecular weight excluding hydrogens is 358 g/mol. The van der Waals surface area contributed by atoms with Crippen molar-refractivity contribution < 1.29 is 24.3 Å². The average Bonchev–Trinajstić information content (AvgIpc) is 2.52. The van der Waals surface area contributed by atoms with Crippen LogP contribution in [0.5, 0.6) is 0 Å². The van der Waals surface area contributed by atoms with Crippen LogP contribution in [0.1, 0.15) is 20.7 Å². The van der Waals surface area contributed by atoms with Crippen molar-refractivity contribution in [3.8, 4) is 0 Å². The summed E-state index contributed by atoms with van der Waals surface area (Å²) in [6.07, 6.45) is 0. The highest BCUT2D eigenvalue weighted by atomic mass is 33.1. The number of carboxylic acids is 2. The van der Waals surface area contributed by atoms with Crippen molar-refractivity contribution in [2.24, 2.45) is 0 Å². The van der Waals surface area contributed by atoms with Crippen LogP contribution in [-0.4, -0.2) is 54.8 Å². The number of hydrogen-bond donors (Lipinski definition) is 2. The van der Waals surface area contributed by atoms with Gasteiger partial charge in [0, 0.05) is 9.79 Å². The van der Waals surface area contributed by atoms with Gasteiger partial charge in [0.15, 0.2) is 0 Å². The zero-order chi connectivity index (χ0) is 19.0. The van der Waals surface area contributed by atoms with Crippen molar-refractivity contribution in [3.63, 3.8) is 0 Å². The number of rotatable bonds is 5. The molecule has 0 amide bonds. The van der Waals surface area contributed by atoms with Gasteiger partial charge in [-0.05, 0) is 48.5 Å². The second-order valence-corrected chi connectivity index (χ2v) is 8.79. The molecule has 0 atom stereocenters. The summed E-state index contributed by atoms with van der Waals surface area (Å²) in [4.78, 5) is 23.3. The summed E-state index contributed by atoms with van der Waals surface area (Å²) < 4.78 is 1.00. The molecule has 0 aliphatic heterocycles. The quantitative estimate of drug-likeness (QED) is 0.598. The molecule has 0 heterocycles. The van der Waals surface area contributed by atoms with E-state index < -0.39 is 11.9 Å². The Labute approximate surface area is 155 Å². The summed E-state index contributed by atoms with van der Waals surface area (Å²) in [5, 5.41) is 17.6. The first-order valence-corrected chi connectivity index (χ1v) is 9.51. The Kier molecular flexibility index (Phi) is 8.02. The Morgan fingerprint density at radius 2 is 0.920 bits per heavy atom. The summed E-state index contributed by atoms with van der Waals surface area (Å²) >= 11 is 0. The molecule has 2 aromatic rings. The molecule has 0 unspecified atom stereocenters. The zero-order valence-corrected chi connectivity index (χ0v) is 16.2. The maximum absolute atomic E-state index is 10.7. The third-order valence-electron chi connectivity index (χ3n) is 2.44. The van der Waals surface area contributed by atoms with E-state index in [0.717, 1.165) is 14.3 Å². The van der Waals surface area contributed by atoms with Crippen LogP contribution in [0.15, 0.2) is 58.3 Å². The van der Waals surface area contributed by atoms with Crippen LogP contribution in [0.25, 0.3) is 0 Å². The lowest BCUT2D eigenvalue weighted by molar-refractivity contribution is -0.849. The smallest absolute Gasteiger partial charge is 0.335 e. The maximum Gasteiger partial charge on any atom is 0.335 e. The van der Waals surface area contributed by atoms with Gasteiger partial charge in [0.2, 0.25) is 0 Å². The Balaban J connectivity index is 0.000000550. The summed E-state index contributed by atoms with van der Waals surface area (Å²) in [6, 6.07) is 13.2. The molecule has 2 aromatic carbocycles. The molecule has 2 N–H and O–H groups in total. The van der Waals surface area contributed by atoms with Crippen molar-refractivity contribution in [1.82, 2.24) is 0 Å². The van der Waals surface area contributed by atoms with Crippen LogP contribution >= 0.6 is 21.6 Å². The molecule has 0 saturated carbocycles. The molecule has 0 fully saturated rings. The van der Waals surface area contributed by atoms with Crippen LogP contribution in [0.4, 0.5) is 0 Å². The first-order valence-electron chi connectivity index (χ1n) is 7.36. The molecule has 2 rings (SSSR count). The van der Waals surface area contributed by atoms with Crippen molar-refractivity contribution in [1.29, 1.82) is 0 Å². The molecule has 0 saturated heterocycles. The molecule has 134 valence electrons. The predicted molar refractivity (Wildman–Crippen MR) is 102 cm³/mol. The minimum absolute atomic E-state index is 0.255. The largest absolute Gasteiger partial charge is 0.478 e. The highest BCUT2D eigenvalue weighted by Gasteiger charge is 2.04. The van der Waals surface area contributed by atoms with Gasteiger partial charge in [0.05, 0.1) is 39.3 Å². The highest BCUT2D eigenvalue weighted by molar-refractivity contribution is 8.76. The lowest BCUT2D eigenvalue weighted by Gasteiger charge is -2.14. The predicted octanol–water partition coefficient (Wildman–Crippen LogP) is 4.20. The fraction of sp³-hybridized carbons (Fsp3) is 0.222. The van der Waals surface area contributed by atoms with Gasteiger partial charge in [0.1, 0.15) is 0 Å². The van der Waals surface area contributed by atoms with Gasteiger partial charge in [-0.3, -0.25) is 0 Å². The van der Waals surface area contributed by atoms with Gasteiger partial charge in [-0.1, -0.05) is 21.6 Å². The summed E-state index contributed by atoms with van der Waals surface area (Å²) in [5.74, 6) is -1.89. The van der Waals surface area contributed by atoms with Crippen molar-refractivity contribution in [2.75, 3.05) is 28.2 Å². The number of benzene rings is 2. The highest BCUT2D eigenvalue weighted by Crippen LogP contribution is 2.37. The number of carboxylic acid groups (broad SMARTS) is 2. The Hall–Kier alpha value is -1.96. The number of hydrogen-bond acceptors (Lipinski definition) is 4. The van der Waals surface area contributed by atoms with E-state index in [9.17, 15) is 9.59 Å². The number of carbonyl (C=O) groups is 2. The monoisotopic (exact) mass is 380 g/mol. The first kappa shape index (κ1) is 21.1. The second kappa shape index (κ2) is 9.50. The lowest BCUT2D eigenvalue weighted by atomic mass is 10.2. The normalized spacial score (nSPS) is 10.6. The van der Waals surface area contributed by atoms with E-state index in [-0.39, 0.29) is 11.1 Å². The van der Waals surface area contributed by atoms with E-state index >= 15 is 0 Å². The summed E-state index contributed by atoms with van der Waals surface area (Å²) in [6.45, 7) is 0. The van der Waals surface area contributed by atoms with Gasteiger partial charge >= 0.3 is 11.9 Å². The minimum Gasteiger partial charge on any atom is -0.478 e. The molecule has 7 heteroatoms. The summed E-state index contributed by atoms with van der Waals surface area (Å²) in [5.41, 5.74) is 0.510. The fourth-order valence-corrected chi connectivity index (χ4v) is 3.33. The van der Waals surface area contributed by atoms with E-state index in [2.05, 4.69) is 28.2 Å². The molecule has 0 aliphatic carbocycles. The summed E-state index contributed by atoms with van der Waals surface area (Å²) in [7, 11) is 11.5. The van der Waals surface area contributed by atoms with E-state index in [1.807, 2.05) is 0 Å². The molecule has 0 spiro atoms. The Bertz CT molecular complexity index is 644. The third kappa shape index (κ3) is 9.19. The van der Waals surface area contributed by atoms with Gasteiger partial charge in [-0.2, -0.15) is 0 Å². The SMILES string of the molecule is C[N+](C)(C)C.O=C(O)c1ccc(SSc2ccc(C(=O)O)cc2)cc1. The molecule has 0 aromatic heterocycles. The van der Waals surface area contributed by atoms with E-state index in [4.69, 9.17) is 10.2 Å². The fourth-order valence-electron chi connectivity index (χ4n) is 1.40. The number of quaternary nitrogens is 1. The second-order valence-electron chi connectivity index (χ2n) is 6.51. The third-order valence-corrected chi connectivity index (χ3v) is 4.85. The minimum atomic E-state index is -0.946. The average molecular weight is 381 g/mol. The van der Waals surface area contributed by atoms with Crippen molar-refractivity contribution in [3.05, 3.63) is 59.7 Å². The molecule has 0 aliphatic rings. The van der Waals surface area contributed by atoms with Crippen LogP contribution < -0.4 is 0 Å². The van der Waals surface area contributed by atoms with Gasteiger partial charge < -0.3 is 14.7 Å². The van der Waals surface area contributed by atoms with Crippen LogP contribution in [0.2, 0.25) is 0 Å². The molecule has 0 bridgehead atoms. The number of nitrogens with zero attached hydrogens (tertiary/aromatic N) is 1. The topological polar surface area (TPSA) is 74.6 Å². The van der Waals surface area contributed by atoms with E-state index in [1.165, 1.54) is 21.6 Å². The van der Waals surface area contributed by atoms with Crippen molar-refractivity contribution >= 4 is 33.5 Å². The molecule has 0 radical (unpaired) electrons. The number of aromatic carboxylic acids is 2. The maximum atomic E-state index is 10.7.